The van der Waals surface area contributed by atoms with E-state index in [2.05, 4.69) is 18.4 Å². The lowest BCUT2D eigenvalue weighted by Crippen LogP contribution is -2.30. The van der Waals surface area contributed by atoms with Crippen molar-refractivity contribution in [1.82, 2.24) is 4.90 Å². The topological polar surface area (TPSA) is 38.8 Å². The SMILES string of the molecule is CCCCOc1ccc(C(=O)N2CCCC2c2cccs2)cc1OC. The predicted molar refractivity (Wildman–Crippen MR) is 101 cm³/mol. The van der Waals surface area contributed by atoms with Crippen molar-refractivity contribution in [2.45, 2.75) is 38.6 Å². The lowest BCUT2D eigenvalue weighted by Gasteiger charge is -2.24. The van der Waals surface area contributed by atoms with E-state index in [1.807, 2.05) is 23.1 Å². The Labute approximate surface area is 153 Å². The highest BCUT2D eigenvalue weighted by molar-refractivity contribution is 7.10. The van der Waals surface area contributed by atoms with Crippen LogP contribution in [0.25, 0.3) is 0 Å². The van der Waals surface area contributed by atoms with Gasteiger partial charge in [0, 0.05) is 17.0 Å². The first-order chi connectivity index (χ1) is 12.2. The van der Waals surface area contributed by atoms with E-state index >= 15 is 0 Å². The number of rotatable bonds is 7. The molecule has 0 aliphatic carbocycles. The number of carbonyl (C=O) groups excluding carboxylic acids is 1. The summed E-state index contributed by atoms with van der Waals surface area (Å²) in [7, 11) is 1.61. The molecule has 5 heteroatoms. The molecule has 1 fully saturated rings. The molecular weight excluding hydrogens is 334 g/mol. The molecule has 0 N–H and O–H groups in total. The number of hydrogen-bond donors (Lipinski definition) is 0. The van der Waals surface area contributed by atoms with Gasteiger partial charge in [-0.15, -0.1) is 11.3 Å². The average molecular weight is 359 g/mol. The Morgan fingerprint density at radius 1 is 1.32 bits per heavy atom. The molecular formula is C20H25NO3S. The molecule has 2 heterocycles. The zero-order valence-corrected chi connectivity index (χ0v) is 15.7. The maximum Gasteiger partial charge on any atom is 0.254 e. The number of hydrogen-bond acceptors (Lipinski definition) is 4. The third-order valence-corrected chi connectivity index (χ3v) is 5.52. The highest BCUT2D eigenvalue weighted by atomic mass is 32.1. The standard InChI is InChI=1S/C20H25NO3S/c1-3-4-12-24-17-10-9-15(14-18(17)23-2)20(22)21-11-5-7-16(21)19-8-6-13-25-19/h6,8-10,13-14,16H,3-5,7,11-12H2,1-2H3. The molecule has 3 rings (SSSR count). The van der Waals surface area contributed by atoms with Crippen molar-refractivity contribution >= 4 is 17.2 Å². The van der Waals surface area contributed by atoms with Gasteiger partial charge in [0.05, 0.1) is 19.8 Å². The van der Waals surface area contributed by atoms with E-state index in [0.29, 0.717) is 23.7 Å². The second-order valence-electron chi connectivity index (χ2n) is 6.24. The van der Waals surface area contributed by atoms with Gasteiger partial charge >= 0.3 is 0 Å². The summed E-state index contributed by atoms with van der Waals surface area (Å²) in [5, 5.41) is 2.07. The minimum Gasteiger partial charge on any atom is -0.493 e. The molecule has 1 unspecified atom stereocenters. The third kappa shape index (κ3) is 3.98. The fourth-order valence-electron chi connectivity index (χ4n) is 3.20. The van der Waals surface area contributed by atoms with Gasteiger partial charge in [0.1, 0.15) is 0 Å². The fraction of sp³-hybridized carbons (Fsp3) is 0.450. The lowest BCUT2D eigenvalue weighted by molar-refractivity contribution is 0.0737. The minimum atomic E-state index is 0.0642. The Hall–Kier alpha value is -2.01. The Morgan fingerprint density at radius 3 is 2.92 bits per heavy atom. The molecule has 1 amide bonds. The second kappa shape index (κ2) is 8.39. The average Bonchev–Trinajstić information content (AvgIpc) is 3.32. The molecule has 134 valence electrons. The second-order valence-corrected chi connectivity index (χ2v) is 7.22. The summed E-state index contributed by atoms with van der Waals surface area (Å²) in [5.41, 5.74) is 0.656. The number of carbonyl (C=O) groups is 1. The van der Waals surface area contributed by atoms with Gasteiger partial charge in [0.2, 0.25) is 0 Å². The number of thiophene rings is 1. The molecule has 4 nitrogen and oxygen atoms in total. The van der Waals surface area contributed by atoms with Crippen LogP contribution in [-0.4, -0.2) is 31.1 Å². The first kappa shape index (κ1) is 17.8. The predicted octanol–water partition coefficient (Wildman–Crippen LogP) is 4.91. The van der Waals surface area contributed by atoms with Crippen molar-refractivity contribution in [3.05, 3.63) is 46.2 Å². The zero-order valence-electron chi connectivity index (χ0n) is 14.9. The van der Waals surface area contributed by atoms with Crippen molar-refractivity contribution in [3.8, 4) is 11.5 Å². The van der Waals surface area contributed by atoms with Crippen LogP contribution in [0.2, 0.25) is 0 Å². The van der Waals surface area contributed by atoms with Crippen LogP contribution in [0.4, 0.5) is 0 Å². The number of unbranched alkanes of at least 4 members (excludes halogenated alkanes) is 1. The van der Waals surface area contributed by atoms with E-state index in [-0.39, 0.29) is 11.9 Å². The molecule has 1 aliphatic rings. The summed E-state index contributed by atoms with van der Waals surface area (Å²) >= 11 is 1.72. The fourth-order valence-corrected chi connectivity index (χ4v) is 4.07. The van der Waals surface area contributed by atoms with Crippen LogP contribution in [0.5, 0.6) is 11.5 Å². The van der Waals surface area contributed by atoms with Gasteiger partial charge in [-0.05, 0) is 48.9 Å². The van der Waals surface area contributed by atoms with Crippen LogP contribution >= 0.6 is 11.3 Å². The van der Waals surface area contributed by atoms with Crippen LogP contribution < -0.4 is 9.47 Å². The summed E-state index contributed by atoms with van der Waals surface area (Å²) < 4.78 is 11.2. The van der Waals surface area contributed by atoms with E-state index in [9.17, 15) is 4.79 Å². The van der Waals surface area contributed by atoms with Gasteiger partial charge in [-0.25, -0.2) is 0 Å². The van der Waals surface area contributed by atoms with Gasteiger partial charge < -0.3 is 14.4 Å². The molecule has 1 aliphatic heterocycles. The van der Waals surface area contributed by atoms with Crippen molar-refractivity contribution < 1.29 is 14.3 Å². The zero-order chi connectivity index (χ0) is 17.6. The summed E-state index contributed by atoms with van der Waals surface area (Å²) in [6.07, 6.45) is 4.16. The Kier molecular flexibility index (Phi) is 5.97. The number of nitrogens with zero attached hydrogens (tertiary/aromatic N) is 1. The van der Waals surface area contributed by atoms with Crippen molar-refractivity contribution in [1.29, 1.82) is 0 Å². The van der Waals surface area contributed by atoms with Crippen LogP contribution in [0.3, 0.4) is 0 Å². The van der Waals surface area contributed by atoms with Crippen LogP contribution in [0.15, 0.2) is 35.7 Å². The summed E-state index contributed by atoms with van der Waals surface area (Å²) in [4.78, 5) is 16.3. The van der Waals surface area contributed by atoms with Gasteiger partial charge in [-0.1, -0.05) is 19.4 Å². The van der Waals surface area contributed by atoms with E-state index in [4.69, 9.17) is 9.47 Å². The maximum absolute atomic E-state index is 13.0. The molecule has 1 aromatic heterocycles. The number of ether oxygens (including phenoxy) is 2. The Bertz CT molecular complexity index is 699. The van der Waals surface area contributed by atoms with E-state index < -0.39 is 0 Å². The summed E-state index contributed by atoms with van der Waals surface area (Å²) in [6.45, 7) is 3.59. The molecule has 0 saturated carbocycles. The Balaban J connectivity index is 1.77. The van der Waals surface area contributed by atoms with Gasteiger partial charge in [-0.3, -0.25) is 4.79 Å². The summed E-state index contributed by atoms with van der Waals surface area (Å²) in [5.74, 6) is 1.38. The van der Waals surface area contributed by atoms with Crippen molar-refractivity contribution in [2.24, 2.45) is 0 Å². The van der Waals surface area contributed by atoms with E-state index in [0.717, 1.165) is 32.2 Å². The largest absolute Gasteiger partial charge is 0.493 e. The van der Waals surface area contributed by atoms with Crippen LogP contribution in [-0.2, 0) is 0 Å². The first-order valence-corrected chi connectivity index (χ1v) is 9.77. The quantitative estimate of drug-likeness (QED) is 0.659. The monoisotopic (exact) mass is 359 g/mol. The Morgan fingerprint density at radius 2 is 2.20 bits per heavy atom. The van der Waals surface area contributed by atoms with Crippen molar-refractivity contribution in [2.75, 3.05) is 20.3 Å². The number of benzene rings is 1. The number of likely N-dealkylation sites (tertiary alicyclic amines) is 1. The highest BCUT2D eigenvalue weighted by Gasteiger charge is 2.31. The molecule has 1 atom stereocenters. The van der Waals surface area contributed by atoms with Crippen LogP contribution in [0, 0.1) is 0 Å². The molecule has 0 bridgehead atoms. The molecule has 0 radical (unpaired) electrons. The van der Waals surface area contributed by atoms with Crippen molar-refractivity contribution in [3.63, 3.8) is 0 Å². The molecule has 1 saturated heterocycles. The molecule has 0 spiro atoms. The smallest absolute Gasteiger partial charge is 0.254 e. The first-order valence-electron chi connectivity index (χ1n) is 8.89. The maximum atomic E-state index is 13.0. The third-order valence-electron chi connectivity index (χ3n) is 4.55. The lowest BCUT2D eigenvalue weighted by atomic mass is 10.1. The van der Waals surface area contributed by atoms with Gasteiger partial charge in [-0.2, -0.15) is 0 Å². The molecule has 1 aromatic carbocycles. The van der Waals surface area contributed by atoms with E-state index in [1.54, 1.807) is 24.5 Å². The highest BCUT2D eigenvalue weighted by Crippen LogP contribution is 2.36. The number of methoxy groups -OCH3 is 1. The van der Waals surface area contributed by atoms with E-state index in [1.165, 1.54) is 4.88 Å². The molecule has 25 heavy (non-hydrogen) atoms. The number of amides is 1. The van der Waals surface area contributed by atoms with Gasteiger partial charge in [0.15, 0.2) is 11.5 Å². The summed E-state index contributed by atoms with van der Waals surface area (Å²) in [6, 6.07) is 9.85. The molecule has 2 aromatic rings. The van der Waals surface area contributed by atoms with Crippen LogP contribution in [0.1, 0.15) is 53.9 Å². The normalized spacial score (nSPS) is 16.9. The minimum absolute atomic E-state index is 0.0642. The van der Waals surface area contributed by atoms with Gasteiger partial charge in [0.25, 0.3) is 5.91 Å².